The van der Waals surface area contributed by atoms with Crippen LogP contribution >= 0.6 is 11.6 Å². The van der Waals surface area contributed by atoms with Crippen molar-refractivity contribution in [2.45, 2.75) is 26.3 Å². The van der Waals surface area contributed by atoms with E-state index in [1.165, 1.54) is 0 Å². The second-order valence-corrected chi connectivity index (χ2v) is 5.26. The Kier molecular flexibility index (Phi) is 4.73. The Morgan fingerprint density at radius 2 is 1.89 bits per heavy atom. The van der Waals surface area contributed by atoms with Crippen molar-refractivity contribution in [1.82, 2.24) is 5.32 Å². The summed E-state index contributed by atoms with van der Waals surface area (Å²) in [6.07, 6.45) is 0. The van der Waals surface area contributed by atoms with E-state index >= 15 is 0 Å². The molecule has 4 nitrogen and oxygen atoms in total. The van der Waals surface area contributed by atoms with Gasteiger partial charge >= 0.3 is 5.97 Å². The zero-order valence-electron chi connectivity index (χ0n) is 10.6. The van der Waals surface area contributed by atoms with Gasteiger partial charge in [-0.05, 0) is 32.9 Å². The lowest BCUT2D eigenvalue weighted by molar-refractivity contribution is -0.125. The maximum atomic E-state index is 11.6. The first-order valence-electron chi connectivity index (χ1n) is 5.52. The van der Waals surface area contributed by atoms with Crippen molar-refractivity contribution in [3.8, 4) is 0 Å². The zero-order chi connectivity index (χ0) is 13.8. The molecule has 0 atom stereocenters. The van der Waals surface area contributed by atoms with Crippen LogP contribution in [0.2, 0.25) is 5.02 Å². The molecule has 0 bridgehead atoms. The second kappa shape index (κ2) is 5.87. The molecule has 0 heterocycles. The highest BCUT2D eigenvalue weighted by Crippen LogP contribution is 2.15. The molecule has 0 saturated carbocycles. The summed E-state index contributed by atoms with van der Waals surface area (Å²) in [4.78, 5) is 23.1. The van der Waals surface area contributed by atoms with Crippen molar-refractivity contribution in [3.63, 3.8) is 0 Å². The quantitative estimate of drug-likeness (QED) is 0.858. The first kappa shape index (κ1) is 14.5. The predicted octanol–water partition coefficient (Wildman–Crippen LogP) is 2.41. The van der Waals surface area contributed by atoms with Gasteiger partial charge in [-0.1, -0.05) is 23.7 Å². The third-order valence-corrected chi connectivity index (χ3v) is 2.27. The Morgan fingerprint density at radius 3 is 2.44 bits per heavy atom. The lowest BCUT2D eigenvalue weighted by Gasteiger charge is -2.20. The maximum Gasteiger partial charge on any atom is 0.340 e. The van der Waals surface area contributed by atoms with Crippen LogP contribution in [-0.4, -0.2) is 24.0 Å². The number of carbonyl (C=O) groups excluding carboxylic acids is 2. The van der Waals surface area contributed by atoms with Gasteiger partial charge < -0.3 is 10.1 Å². The average Bonchev–Trinajstić information content (AvgIpc) is 2.24. The second-order valence-electron chi connectivity index (χ2n) is 4.85. The summed E-state index contributed by atoms with van der Waals surface area (Å²) in [5.74, 6) is -0.951. The van der Waals surface area contributed by atoms with E-state index in [4.69, 9.17) is 16.3 Å². The summed E-state index contributed by atoms with van der Waals surface area (Å²) in [6, 6.07) is 6.53. The summed E-state index contributed by atoms with van der Waals surface area (Å²) in [7, 11) is 0. The molecule has 0 aliphatic carbocycles. The number of nitrogens with one attached hydrogen (secondary N) is 1. The van der Waals surface area contributed by atoms with Crippen LogP contribution in [0, 0.1) is 0 Å². The standard InChI is InChI=1S/C13H16ClNO3/c1-13(2,3)15-11(16)8-18-12(17)9-6-4-5-7-10(9)14/h4-7H,8H2,1-3H3,(H,15,16). The van der Waals surface area contributed by atoms with Gasteiger partial charge in [0, 0.05) is 5.54 Å². The highest BCUT2D eigenvalue weighted by molar-refractivity contribution is 6.33. The van der Waals surface area contributed by atoms with Crippen molar-refractivity contribution in [3.05, 3.63) is 34.9 Å². The number of esters is 1. The lowest BCUT2D eigenvalue weighted by atomic mass is 10.1. The van der Waals surface area contributed by atoms with Crippen LogP contribution in [0.15, 0.2) is 24.3 Å². The minimum Gasteiger partial charge on any atom is -0.452 e. The first-order valence-corrected chi connectivity index (χ1v) is 5.90. The molecule has 0 fully saturated rings. The van der Waals surface area contributed by atoms with Crippen LogP contribution in [0.25, 0.3) is 0 Å². The molecule has 1 amide bonds. The third kappa shape index (κ3) is 4.75. The normalized spacial score (nSPS) is 10.9. The average molecular weight is 270 g/mol. The van der Waals surface area contributed by atoms with Crippen molar-refractivity contribution in [2.75, 3.05) is 6.61 Å². The number of halogens is 1. The first-order chi connectivity index (χ1) is 8.29. The zero-order valence-corrected chi connectivity index (χ0v) is 11.4. The molecular formula is C13H16ClNO3. The fraction of sp³-hybridized carbons (Fsp3) is 0.385. The molecule has 0 aliphatic rings. The van der Waals surface area contributed by atoms with Gasteiger partial charge in [0.1, 0.15) is 0 Å². The van der Waals surface area contributed by atoms with E-state index in [9.17, 15) is 9.59 Å². The van der Waals surface area contributed by atoms with Gasteiger partial charge in [0.15, 0.2) is 6.61 Å². The summed E-state index contributed by atoms with van der Waals surface area (Å²) < 4.78 is 4.88. The molecular weight excluding hydrogens is 254 g/mol. The topological polar surface area (TPSA) is 55.4 Å². The van der Waals surface area contributed by atoms with E-state index in [-0.39, 0.29) is 23.6 Å². The van der Waals surface area contributed by atoms with Crippen LogP contribution in [0.1, 0.15) is 31.1 Å². The summed E-state index contributed by atoms with van der Waals surface area (Å²) >= 11 is 5.84. The van der Waals surface area contributed by atoms with Crippen molar-refractivity contribution in [2.24, 2.45) is 0 Å². The Bertz CT molecular complexity index is 452. The Labute approximate surface area is 111 Å². The molecule has 0 aromatic heterocycles. The van der Waals surface area contributed by atoms with Crippen LogP contribution in [0.4, 0.5) is 0 Å². The molecule has 1 aromatic carbocycles. The maximum absolute atomic E-state index is 11.6. The number of hydrogen-bond acceptors (Lipinski definition) is 3. The van der Waals surface area contributed by atoms with Crippen LogP contribution in [0.3, 0.4) is 0 Å². The number of rotatable bonds is 3. The number of ether oxygens (including phenoxy) is 1. The number of carbonyl (C=O) groups is 2. The Hall–Kier alpha value is -1.55. The Morgan fingerprint density at radius 1 is 1.28 bits per heavy atom. The molecule has 1 aromatic rings. The predicted molar refractivity (Wildman–Crippen MR) is 69.6 cm³/mol. The largest absolute Gasteiger partial charge is 0.452 e. The molecule has 1 N–H and O–H groups in total. The van der Waals surface area contributed by atoms with Gasteiger partial charge in [0.2, 0.25) is 0 Å². The Balaban J connectivity index is 2.52. The molecule has 98 valence electrons. The monoisotopic (exact) mass is 269 g/mol. The minimum absolute atomic E-state index is 0.253. The molecule has 1 rings (SSSR count). The fourth-order valence-corrected chi connectivity index (χ4v) is 1.50. The molecule has 0 unspecified atom stereocenters. The van der Waals surface area contributed by atoms with E-state index in [1.807, 2.05) is 20.8 Å². The summed E-state index contributed by atoms with van der Waals surface area (Å²) in [6.45, 7) is 5.23. The molecule has 0 spiro atoms. The molecule has 5 heteroatoms. The number of amides is 1. The fourth-order valence-electron chi connectivity index (χ4n) is 1.29. The van der Waals surface area contributed by atoms with Gasteiger partial charge in [-0.3, -0.25) is 4.79 Å². The van der Waals surface area contributed by atoms with E-state index in [0.29, 0.717) is 5.02 Å². The van der Waals surface area contributed by atoms with Crippen LogP contribution in [-0.2, 0) is 9.53 Å². The van der Waals surface area contributed by atoms with Crippen molar-refractivity contribution < 1.29 is 14.3 Å². The van der Waals surface area contributed by atoms with E-state index < -0.39 is 5.97 Å². The van der Waals surface area contributed by atoms with E-state index in [1.54, 1.807) is 24.3 Å². The molecule has 0 radical (unpaired) electrons. The van der Waals surface area contributed by atoms with Gasteiger partial charge in [-0.25, -0.2) is 4.79 Å². The van der Waals surface area contributed by atoms with Crippen molar-refractivity contribution in [1.29, 1.82) is 0 Å². The SMILES string of the molecule is CC(C)(C)NC(=O)COC(=O)c1ccccc1Cl. The molecule has 0 aliphatic heterocycles. The van der Waals surface area contributed by atoms with Gasteiger partial charge in [0.05, 0.1) is 10.6 Å². The van der Waals surface area contributed by atoms with Crippen molar-refractivity contribution >= 4 is 23.5 Å². The molecule has 18 heavy (non-hydrogen) atoms. The number of benzene rings is 1. The summed E-state index contributed by atoms with van der Waals surface area (Å²) in [5, 5.41) is 3.00. The third-order valence-electron chi connectivity index (χ3n) is 1.94. The van der Waals surface area contributed by atoms with Gasteiger partial charge in [-0.15, -0.1) is 0 Å². The van der Waals surface area contributed by atoms with Gasteiger partial charge in [0.25, 0.3) is 5.91 Å². The van der Waals surface area contributed by atoms with Crippen LogP contribution < -0.4 is 5.32 Å². The van der Waals surface area contributed by atoms with Crippen LogP contribution in [0.5, 0.6) is 0 Å². The van der Waals surface area contributed by atoms with E-state index in [2.05, 4.69) is 5.32 Å². The van der Waals surface area contributed by atoms with Gasteiger partial charge in [-0.2, -0.15) is 0 Å². The lowest BCUT2D eigenvalue weighted by Crippen LogP contribution is -2.42. The highest BCUT2D eigenvalue weighted by atomic mass is 35.5. The molecule has 0 saturated heterocycles. The number of hydrogen-bond donors (Lipinski definition) is 1. The highest BCUT2D eigenvalue weighted by Gasteiger charge is 2.16. The smallest absolute Gasteiger partial charge is 0.340 e. The summed E-state index contributed by atoms with van der Waals surface area (Å²) in [5.41, 5.74) is -0.101. The minimum atomic E-state index is -0.607. The van der Waals surface area contributed by atoms with E-state index in [0.717, 1.165) is 0 Å².